The number of ether oxygens (including phenoxy) is 7. The maximum absolute atomic E-state index is 10.8. The molecule has 246 valence electrons. The van der Waals surface area contributed by atoms with Gasteiger partial charge in [0.15, 0.2) is 25.2 Å². The van der Waals surface area contributed by atoms with Gasteiger partial charge in [-0.15, -0.1) is 0 Å². The lowest BCUT2D eigenvalue weighted by Gasteiger charge is -2.48. The smallest absolute Gasteiger partial charge is 0.187 e. The molecule has 12 N–H and O–H groups in total. The molecule has 0 aromatic rings. The van der Waals surface area contributed by atoms with E-state index in [2.05, 4.69) is 0 Å². The molecule has 0 saturated carbocycles. The molecule has 0 radical (unpaired) electrons. The summed E-state index contributed by atoms with van der Waals surface area (Å²) >= 11 is 0. The van der Waals surface area contributed by atoms with Gasteiger partial charge in [0.1, 0.15) is 85.5 Å². The fourth-order valence-electron chi connectivity index (χ4n) is 5.18. The molecule has 0 amide bonds. The van der Waals surface area contributed by atoms with Crippen molar-refractivity contribution < 1.29 is 94.4 Å². The van der Waals surface area contributed by atoms with Crippen LogP contribution in [0.4, 0.5) is 0 Å². The Morgan fingerprint density at radius 3 is 1.67 bits per heavy atom. The minimum atomic E-state index is -1.95. The van der Waals surface area contributed by atoms with Crippen molar-refractivity contribution >= 4 is 0 Å². The van der Waals surface area contributed by atoms with Crippen LogP contribution < -0.4 is 0 Å². The van der Waals surface area contributed by atoms with Crippen molar-refractivity contribution in [3.05, 3.63) is 0 Å². The largest absolute Gasteiger partial charge is 0.394 e. The van der Waals surface area contributed by atoms with E-state index in [-0.39, 0.29) is 0 Å². The number of rotatable bonds is 8. The lowest BCUT2D eigenvalue weighted by Crippen LogP contribution is -2.67. The van der Waals surface area contributed by atoms with Gasteiger partial charge < -0.3 is 94.4 Å². The van der Waals surface area contributed by atoms with Crippen molar-refractivity contribution in [2.24, 2.45) is 0 Å². The van der Waals surface area contributed by atoms with Gasteiger partial charge in [0.2, 0.25) is 0 Å². The van der Waals surface area contributed by atoms with E-state index in [1.54, 1.807) is 0 Å². The molecule has 19 heteroatoms. The molecule has 4 saturated heterocycles. The van der Waals surface area contributed by atoms with Gasteiger partial charge in [0, 0.05) is 0 Å². The zero-order valence-electron chi connectivity index (χ0n) is 22.3. The summed E-state index contributed by atoms with van der Waals surface area (Å²) in [6.45, 7) is -0.671. The molecule has 0 aliphatic carbocycles. The zero-order chi connectivity index (χ0) is 31.0. The fourth-order valence-corrected chi connectivity index (χ4v) is 5.18. The first-order chi connectivity index (χ1) is 19.8. The second kappa shape index (κ2) is 14.1. The molecule has 4 heterocycles. The molecule has 4 aliphatic heterocycles. The van der Waals surface area contributed by atoms with E-state index in [0.717, 1.165) is 0 Å². The summed E-state index contributed by atoms with van der Waals surface area (Å²) in [6, 6.07) is 0. The lowest BCUT2D eigenvalue weighted by molar-refractivity contribution is -0.391. The Hall–Kier alpha value is -0.760. The molecule has 19 nitrogen and oxygen atoms in total. The van der Waals surface area contributed by atoms with Crippen LogP contribution in [-0.4, -0.2) is 198 Å². The van der Waals surface area contributed by atoms with Gasteiger partial charge >= 0.3 is 0 Å². The lowest BCUT2D eigenvalue weighted by atomic mass is 9.96. The van der Waals surface area contributed by atoms with Crippen molar-refractivity contribution in [3.63, 3.8) is 0 Å². The molecular weight excluding hydrogens is 580 g/mol. The topological polar surface area (TPSA) is 307 Å². The van der Waals surface area contributed by atoms with E-state index in [1.165, 1.54) is 6.92 Å². The molecule has 0 aromatic heterocycles. The second-order valence-corrected chi connectivity index (χ2v) is 10.7. The van der Waals surface area contributed by atoms with Gasteiger partial charge in [-0.3, -0.25) is 0 Å². The molecule has 19 atom stereocenters. The van der Waals surface area contributed by atoms with Crippen LogP contribution in [0.1, 0.15) is 6.92 Å². The first-order valence-electron chi connectivity index (χ1n) is 13.4. The highest BCUT2D eigenvalue weighted by atomic mass is 16.8. The monoisotopic (exact) mass is 620 g/mol. The van der Waals surface area contributed by atoms with Crippen molar-refractivity contribution in [3.8, 4) is 0 Å². The van der Waals surface area contributed by atoms with E-state index < -0.39 is 137 Å². The molecule has 4 aliphatic rings. The molecule has 0 spiro atoms. The normalized spacial score (nSPS) is 54.1. The highest BCUT2D eigenvalue weighted by Crippen LogP contribution is 2.34. The predicted octanol–water partition coefficient (Wildman–Crippen LogP) is -8.08. The summed E-state index contributed by atoms with van der Waals surface area (Å²) in [5, 5.41) is 123. The zero-order valence-corrected chi connectivity index (χ0v) is 22.3. The van der Waals surface area contributed by atoms with Crippen molar-refractivity contribution in [1.82, 2.24) is 0 Å². The third-order valence-corrected chi connectivity index (χ3v) is 7.77. The van der Waals surface area contributed by atoms with E-state index in [9.17, 15) is 61.3 Å². The number of aliphatic hydroxyl groups excluding tert-OH is 12. The minimum Gasteiger partial charge on any atom is -0.394 e. The van der Waals surface area contributed by atoms with Crippen LogP contribution in [0.5, 0.6) is 0 Å². The van der Waals surface area contributed by atoms with Crippen LogP contribution in [0, 0.1) is 0 Å². The summed E-state index contributed by atoms with van der Waals surface area (Å²) in [5.41, 5.74) is 0. The fraction of sp³-hybridized carbons (Fsp3) is 1.00. The highest BCUT2D eigenvalue weighted by molar-refractivity contribution is 4.96. The van der Waals surface area contributed by atoms with Crippen molar-refractivity contribution in [1.29, 1.82) is 0 Å². The summed E-state index contributed by atoms with van der Waals surface area (Å²) in [4.78, 5) is 0. The molecule has 4 fully saturated rings. The minimum absolute atomic E-state index is 0.428. The summed E-state index contributed by atoms with van der Waals surface area (Å²) in [5.74, 6) is 0. The van der Waals surface area contributed by atoms with Gasteiger partial charge in [-0.25, -0.2) is 0 Å². The standard InChI is InChI=1S/C23H40O19/c1-5-9(27)18(19(20(35)37-5)42-22-15(33)12(30)11(29)7(2-24)38-22)41-23-16(34)13(31)17(8(3-25)39-23)40-21-14(32)10(28)6(26)4-36-21/h5-35H,2-4H2,1H3/t5-,6-,7-,8-,9+,10+,11-,12+,13-,14-,15-,16-,17-,18+,19-,20-,21+,22+,23+/m1/s1. The second-order valence-electron chi connectivity index (χ2n) is 10.7. The van der Waals surface area contributed by atoms with Gasteiger partial charge in [-0.05, 0) is 6.92 Å². The summed E-state index contributed by atoms with van der Waals surface area (Å²) in [6.07, 6.45) is -31.6. The maximum Gasteiger partial charge on any atom is 0.187 e. The molecule has 42 heavy (non-hydrogen) atoms. The van der Waals surface area contributed by atoms with Crippen LogP contribution >= 0.6 is 0 Å². The molecular formula is C23H40O19. The quantitative estimate of drug-likeness (QED) is 0.120. The van der Waals surface area contributed by atoms with Gasteiger partial charge in [-0.2, -0.15) is 0 Å². The average molecular weight is 621 g/mol. The average Bonchev–Trinajstić information content (AvgIpc) is 2.96. The number of hydrogen-bond donors (Lipinski definition) is 12. The molecule has 0 aromatic carbocycles. The van der Waals surface area contributed by atoms with Crippen LogP contribution in [0.25, 0.3) is 0 Å². The Labute approximate surface area is 238 Å². The summed E-state index contributed by atoms with van der Waals surface area (Å²) < 4.78 is 38.0. The Bertz CT molecular complexity index is 851. The third kappa shape index (κ3) is 6.74. The number of hydrogen-bond acceptors (Lipinski definition) is 19. The number of aliphatic hydroxyl groups is 12. The Morgan fingerprint density at radius 1 is 0.524 bits per heavy atom. The Morgan fingerprint density at radius 2 is 1.05 bits per heavy atom. The maximum atomic E-state index is 10.8. The molecule has 0 unspecified atom stereocenters. The Balaban J connectivity index is 1.49. The van der Waals surface area contributed by atoms with Gasteiger partial charge in [0.05, 0.1) is 25.9 Å². The Kier molecular flexibility index (Phi) is 11.5. The van der Waals surface area contributed by atoms with Gasteiger partial charge in [0.25, 0.3) is 0 Å². The van der Waals surface area contributed by atoms with E-state index in [0.29, 0.717) is 0 Å². The SMILES string of the molecule is C[C@H]1O[C@@H](O)[C@H](O[C@@H]2O[C@H](CO)[C@@H](O)[C@H](O)[C@H]2O)[C@@H](O[C@@H]2O[C@H](CO)[C@@H](O[C@@H]3OC[C@@H](O)[C@H](O)[C@H]3O)[C@H](O)[C@H]2O)[C@H]1O. The van der Waals surface area contributed by atoms with Crippen molar-refractivity contribution in [2.75, 3.05) is 19.8 Å². The summed E-state index contributed by atoms with van der Waals surface area (Å²) in [7, 11) is 0. The van der Waals surface area contributed by atoms with Crippen LogP contribution in [0.2, 0.25) is 0 Å². The predicted molar refractivity (Wildman–Crippen MR) is 126 cm³/mol. The first kappa shape index (κ1) is 34.1. The molecule has 0 bridgehead atoms. The molecule has 4 rings (SSSR count). The van der Waals surface area contributed by atoms with Gasteiger partial charge in [-0.1, -0.05) is 0 Å². The van der Waals surface area contributed by atoms with Crippen LogP contribution in [-0.2, 0) is 33.2 Å². The van der Waals surface area contributed by atoms with E-state index in [4.69, 9.17) is 33.2 Å². The van der Waals surface area contributed by atoms with E-state index >= 15 is 0 Å². The van der Waals surface area contributed by atoms with Crippen molar-refractivity contribution in [2.45, 2.75) is 124 Å². The third-order valence-electron chi connectivity index (χ3n) is 7.77. The highest BCUT2D eigenvalue weighted by Gasteiger charge is 2.54. The van der Waals surface area contributed by atoms with Crippen LogP contribution in [0.3, 0.4) is 0 Å². The van der Waals surface area contributed by atoms with E-state index in [1.807, 2.05) is 0 Å². The van der Waals surface area contributed by atoms with Crippen LogP contribution in [0.15, 0.2) is 0 Å². The first-order valence-corrected chi connectivity index (χ1v) is 13.4.